The normalized spacial score (nSPS) is 14.4. The van der Waals surface area contributed by atoms with Gasteiger partial charge in [-0.05, 0) is 54.7 Å². The molecule has 1 fully saturated rings. The van der Waals surface area contributed by atoms with Gasteiger partial charge in [0.2, 0.25) is 0 Å². The number of aromatic nitrogens is 2. The first-order chi connectivity index (χ1) is 12.7. The van der Waals surface area contributed by atoms with E-state index < -0.39 is 0 Å². The summed E-state index contributed by atoms with van der Waals surface area (Å²) in [6.45, 7) is 1.63. The van der Waals surface area contributed by atoms with Crippen molar-refractivity contribution in [3.8, 4) is 16.9 Å². The zero-order chi connectivity index (χ0) is 17.9. The zero-order valence-electron chi connectivity index (χ0n) is 14.8. The van der Waals surface area contributed by atoms with Gasteiger partial charge in [0.15, 0.2) is 5.82 Å². The summed E-state index contributed by atoms with van der Waals surface area (Å²) in [4.78, 5) is 14.3. The number of anilines is 1. The second-order valence-corrected chi connectivity index (χ2v) is 6.54. The molecule has 2 aromatic carbocycles. The monoisotopic (exact) mass is 350 g/mol. The van der Waals surface area contributed by atoms with Crippen molar-refractivity contribution in [1.82, 2.24) is 15.1 Å². The molecule has 2 amide bonds. The van der Waals surface area contributed by atoms with Crippen molar-refractivity contribution < 1.29 is 9.53 Å². The van der Waals surface area contributed by atoms with Crippen molar-refractivity contribution in [3.63, 3.8) is 0 Å². The number of likely N-dealkylation sites (tertiary alicyclic amines) is 1. The number of rotatable bonds is 3. The van der Waals surface area contributed by atoms with Gasteiger partial charge in [-0.3, -0.25) is 10.4 Å². The number of benzene rings is 2. The second kappa shape index (κ2) is 7.07. The Bertz CT molecular complexity index is 911. The van der Waals surface area contributed by atoms with Gasteiger partial charge in [0, 0.05) is 18.5 Å². The van der Waals surface area contributed by atoms with Crippen molar-refractivity contribution in [2.75, 3.05) is 25.5 Å². The molecule has 3 aromatic rings. The summed E-state index contributed by atoms with van der Waals surface area (Å²) in [6, 6.07) is 13.9. The molecule has 2 N–H and O–H groups in total. The number of nitrogens with one attached hydrogen (secondary N) is 2. The van der Waals surface area contributed by atoms with E-state index in [2.05, 4.69) is 15.5 Å². The molecule has 1 aliphatic rings. The summed E-state index contributed by atoms with van der Waals surface area (Å²) in [6.07, 6.45) is 3.34. The predicted octanol–water partition coefficient (Wildman–Crippen LogP) is 4.26. The molecule has 6 nitrogen and oxygen atoms in total. The maximum Gasteiger partial charge on any atom is 0.323 e. The minimum absolute atomic E-state index is 0.0719. The highest BCUT2D eigenvalue weighted by atomic mass is 16.5. The molecular weight excluding hydrogens is 328 g/mol. The summed E-state index contributed by atoms with van der Waals surface area (Å²) in [5.74, 6) is 1.41. The average Bonchev–Trinajstić information content (AvgIpc) is 3.10. The van der Waals surface area contributed by atoms with Gasteiger partial charge < -0.3 is 9.64 Å². The summed E-state index contributed by atoms with van der Waals surface area (Å²) in [5, 5.41) is 11.2. The Balaban J connectivity index is 1.55. The molecule has 2 heterocycles. The summed E-state index contributed by atoms with van der Waals surface area (Å²) in [7, 11) is 1.66. The Hall–Kier alpha value is -3.02. The van der Waals surface area contributed by atoms with Crippen LogP contribution in [-0.2, 0) is 0 Å². The van der Waals surface area contributed by atoms with E-state index >= 15 is 0 Å². The Morgan fingerprint density at radius 1 is 1.08 bits per heavy atom. The van der Waals surface area contributed by atoms with E-state index in [9.17, 15) is 4.79 Å². The number of urea groups is 1. The second-order valence-electron chi connectivity index (χ2n) is 6.54. The molecule has 6 heteroatoms. The minimum Gasteiger partial charge on any atom is -0.497 e. The number of H-pyrrole nitrogens is 1. The quantitative estimate of drug-likeness (QED) is 0.741. The van der Waals surface area contributed by atoms with Gasteiger partial charge in [0.25, 0.3) is 0 Å². The number of ether oxygens (including phenoxy) is 1. The van der Waals surface area contributed by atoms with Crippen LogP contribution < -0.4 is 10.1 Å². The lowest BCUT2D eigenvalue weighted by Crippen LogP contribution is -2.38. The molecule has 4 rings (SSSR count). The van der Waals surface area contributed by atoms with E-state index in [-0.39, 0.29) is 6.03 Å². The molecule has 0 aliphatic carbocycles. The zero-order valence-corrected chi connectivity index (χ0v) is 14.8. The molecule has 1 aliphatic heterocycles. The van der Waals surface area contributed by atoms with Gasteiger partial charge in [-0.25, -0.2) is 4.79 Å². The average molecular weight is 350 g/mol. The maximum absolute atomic E-state index is 12.4. The van der Waals surface area contributed by atoms with Gasteiger partial charge >= 0.3 is 6.03 Å². The first-order valence-electron chi connectivity index (χ1n) is 8.93. The van der Waals surface area contributed by atoms with E-state index in [4.69, 9.17) is 4.74 Å². The molecule has 0 unspecified atom stereocenters. The van der Waals surface area contributed by atoms with Crippen LogP contribution in [0.5, 0.6) is 5.75 Å². The van der Waals surface area contributed by atoms with Crippen LogP contribution in [0.15, 0.2) is 42.5 Å². The van der Waals surface area contributed by atoms with Gasteiger partial charge in [-0.15, -0.1) is 0 Å². The van der Waals surface area contributed by atoms with Gasteiger partial charge in [-0.2, -0.15) is 5.10 Å². The molecule has 1 saturated heterocycles. The van der Waals surface area contributed by atoms with Crippen LogP contribution in [0, 0.1) is 0 Å². The number of carbonyl (C=O) groups is 1. The van der Waals surface area contributed by atoms with Crippen LogP contribution in [0.3, 0.4) is 0 Å². The summed E-state index contributed by atoms with van der Waals surface area (Å²) >= 11 is 0. The Morgan fingerprint density at radius 2 is 1.81 bits per heavy atom. The summed E-state index contributed by atoms with van der Waals surface area (Å²) in [5.41, 5.74) is 3.08. The maximum atomic E-state index is 12.4. The molecule has 0 radical (unpaired) electrons. The Kier molecular flexibility index (Phi) is 4.48. The molecular formula is C20H22N4O2. The van der Waals surface area contributed by atoms with Crippen LogP contribution in [0.4, 0.5) is 10.6 Å². The number of fused-ring (bicyclic) bond motifs is 1. The Labute approximate surface area is 152 Å². The molecule has 0 bridgehead atoms. The largest absolute Gasteiger partial charge is 0.497 e. The van der Waals surface area contributed by atoms with Crippen molar-refractivity contribution in [3.05, 3.63) is 42.5 Å². The third-order valence-corrected chi connectivity index (χ3v) is 4.85. The lowest BCUT2D eigenvalue weighted by atomic mass is 10.0. The van der Waals surface area contributed by atoms with Crippen molar-refractivity contribution in [2.45, 2.75) is 19.3 Å². The highest BCUT2D eigenvalue weighted by Gasteiger charge is 2.18. The molecule has 1 aromatic heterocycles. The van der Waals surface area contributed by atoms with Crippen LogP contribution in [0.1, 0.15) is 19.3 Å². The van der Waals surface area contributed by atoms with E-state index in [0.717, 1.165) is 53.7 Å². The number of hydrogen-bond acceptors (Lipinski definition) is 3. The molecule has 0 atom stereocenters. The molecule has 0 spiro atoms. The Morgan fingerprint density at radius 3 is 2.54 bits per heavy atom. The fourth-order valence-electron chi connectivity index (χ4n) is 3.36. The van der Waals surface area contributed by atoms with Gasteiger partial charge in [-0.1, -0.05) is 18.2 Å². The van der Waals surface area contributed by atoms with E-state index in [0.29, 0.717) is 5.82 Å². The highest BCUT2D eigenvalue weighted by Crippen LogP contribution is 2.28. The minimum atomic E-state index is -0.0719. The van der Waals surface area contributed by atoms with E-state index in [1.807, 2.05) is 47.4 Å². The number of methoxy groups -OCH3 is 1. The van der Waals surface area contributed by atoms with Crippen LogP contribution in [0.25, 0.3) is 22.0 Å². The fraction of sp³-hybridized carbons (Fsp3) is 0.300. The number of amides is 2. The van der Waals surface area contributed by atoms with Crippen LogP contribution in [-0.4, -0.2) is 41.3 Å². The third-order valence-electron chi connectivity index (χ3n) is 4.85. The number of hydrogen-bond donors (Lipinski definition) is 2. The van der Waals surface area contributed by atoms with Crippen molar-refractivity contribution in [2.24, 2.45) is 0 Å². The molecule has 26 heavy (non-hydrogen) atoms. The number of aromatic amines is 1. The van der Waals surface area contributed by atoms with Gasteiger partial charge in [0.05, 0.1) is 12.6 Å². The van der Waals surface area contributed by atoms with Crippen LogP contribution >= 0.6 is 0 Å². The summed E-state index contributed by atoms with van der Waals surface area (Å²) < 4.78 is 5.21. The van der Waals surface area contributed by atoms with Crippen molar-refractivity contribution in [1.29, 1.82) is 0 Å². The first-order valence-corrected chi connectivity index (χ1v) is 8.93. The highest BCUT2D eigenvalue weighted by molar-refractivity contribution is 6.00. The number of nitrogens with zero attached hydrogens (tertiary/aromatic N) is 2. The smallest absolute Gasteiger partial charge is 0.323 e. The lowest BCUT2D eigenvalue weighted by Gasteiger charge is -2.26. The number of carbonyl (C=O) groups excluding carboxylic acids is 1. The van der Waals surface area contributed by atoms with Crippen molar-refractivity contribution >= 4 is 22.8 Å². The third kappa shape index (κ3) is 3.22. The van der Waals surface area contributed by atoms with E-state index in [1.165, 1.54) is 6.42 Å². The number of piperidine rings is 1. The van der Waals surface area contributed by atoms with Crippen LogP contribution in [0.2, 0.25) is 0 Å². The predicted molar refractivity (Wildman–Crippen MR) is 103 cm³/mol. The fourth-order valence-corrected chi connectivity index (χ4v) is 3.36. The molecule has 0 saturated carbocycles. The van der Waals surface area contributed by atoms with E-state index in [1.54, 1.807) is 7.11 Å². The SMILES string of the molecule is COc1ccc(-c2ccc3c(NC(=O)N4CCCCC4)n[nH]c3c2)cc1. The molecule has 134 valence electrons. The topological polar surface area (TPSA) is 70.2 Å². The standard InChI is InChI=1S/C20H22N4O2/c1-26-16-8-5-14(6-9-16)15-7-10-17-18(13-15)22-23-19(17)21-20(25)24-11-3-2-4-12-24/h5-10,13H,2-4,11-12H2,1H3,(H2,21,22,23,25). The van der Waals surface area contributed by atoms with Gasteiger partial charge in [0.1, 0.15) is 5.75 Å². The first kappa shape index (κ1) is 16.4. The lowest BCUT2D eigenvalue weighted by molar-refractivity contribution is 0.200.